The van der Waals surface area contributed by atoms with Crippen LogP contribution in [0.2, 0.25) is 0 Å². The van der Waals surface area contributed by atoms with E-state index < -0.39 is 0 Å². The number of fused-ring (bicyclic) bond motifs is 3. The maximum atomic E-state index is 14.0. The normalized spacial score (nSPS) is 15.7. The summed E-state index contributed by atoms with van der Waals surface area (Å²) >= 11 is 0. The van der Waals surface area contributed by atoms with Gasteiger partial charge in [-0.15, -0.1) is 0 Å². The van der Waals surface area contributed by atoms with E-state index in [1.54, 1.807) is 17.3 Å². The van der Waals surface area contributed by atoms with E-state index in [1.807, 2.05) is 23.3 Å². The molecule has 9 heteroatoms. The van der Waals surface area contributed by atoms with E-state index in [-0.39, 0.29) is 24.3 Å². The highest BCUT2D eigenvalue weighted by molar-refractivity contribution is 5.95. The first-order valence-corrected chi connectivity index (χ1v) is 9.79. The summed E-state index contributed by atoms with van der Waals surface area (Å²) in [5.74, 6) is 0.666. The number of hydrogen-bond donors (Lipinski definition) is 0. The third kappa shape index (κ3) is 2.88. The van der Waals surface area contributed by atoms with Crippen LogP contribution in [0, 0.1) is 5.82 Å². The molecule has 0 bridgehead atoms. The molecule has 0 unspecified atom stereocenters. The van der Waals surface area contributed by atoms with Crippen LogP contribution in [0.5, 0.6) is 0 Å². The van der Waals surface area contributed by atoms with Gasteiger partial charge in [0.25, 0.3) is 5.89 Å². The number of benzene rings is 1. The number of urea groups is 1. The molecule has 2 aromatic heterocycles. The Kier molecular flexibility index (Phi) is 4.11. The minimum absolute atomic E-state index is 0.124. The van der Waals surface area contributed by atoms with Gasteiger partial charge in [-0.3, -0.25) is 9.47 Å². The maximum Gasteiger partial charge on any atom is 0.324 e. The van der Waals surface area contributed by atoms with Gasteiger partial charge in [0.2, 0.25) is 0 Å². The molecule has 1 aromatic carbocycles. The number of imidazole rings is 1. The summed E-state index contributed by atoms with van der Waals surface area (Å²) in [6.45, 7) is 5.65. The molecular formula is C20H21FN6O2. The number of hydrogen-bond acceptors (Lipinski definition) is 5. The lowest BCUT2D eigenvalue weighted by Gasteiger charge is -2.33. The largest absolute Gasteiger partial charge is 0.332 e. The molecule has 1 fully saturated rings. The second-order valence-electron chi connectivity index (χ2n) is 7.72. The zero-order valence-corrected chi connectivity index (χ0v) is 16.3. The third-order valence-corrected chi connectivity index (χ3v) is 5.43. The van der Waals surface area contributed by atoms with Crippen LogP contribution in [0.4, 0.5) is 14.9 Å². The molecule has 0 spiro atoms. The van der Waals surface area contributed by atoms with Crippen molar-refractivity contribution < 1.29 is 13.7 Å². The molecule has 150 valence electrons. The van der Waals surface area contributed by atoms with Crippen LogP contribution in [0.1, 0.15) is 44.1 Å². The van der Waals surface area contributed by atoms with Crippen molar-refractivity contribution in [2.75, 3.05) is 18.0 Å². The van der Waals surface area contributed by atoms with E-state index in [1.165, 1.54) is 12.1 Å². The predicted molar refractivity (Wildman–Crippen MR) is 103 cm³/mol. The van der Waals surface area contributed by atoms with Crippen LogP contribution in [0.15, 0.2) is 29.0 Å². The number of anilines is 1. The van der Waals surface area contributed by atoms with Gasteiger partial charge in [0, 0.05) is 19.0 Å². The van der Waals surface area contributed by atoms with E-state index >= 15 is 0 Å². The second-order valence-corrected chi connectivity index (χ2v) is 7.72. The Morgan fingerprint density at radius 1 is 1.21 bits per heavy atom. The summed E-state index contributed by atoms with van der Waals surface area (Å²) in [5, 5.41) is 4.02. The molecule has 2 amide bonds. The quantitative estimate of drug-likeness (QED) is 0.660. The Labute approximate surface area is 166 Å². The van der Waals surface area contributed by atoms with Crippen LogP contribution in [-0.2, 0) is 6.54 Å². The standard InChI is InChI=1S/C20H21FN6O2/c1-12(2)18-23-19(29-24-18)17-16-10-26(20(28)25-7-3-4-8-25)15-9-13(21)5-6-14(15)27(16)11-22-17/h5-6,9,11-12H,3-4,7-8,10H2,1-2H3. The van der Waals surface area contributed by atoms with Crippen LogP contribution in [-0.4, -0.2) is 43.7 Å². The summed E-state index contributed by atoms with van der Waals surface area (Å²) in [4.78, 5) is 25.5. The third-order valence-electron chi connectivity index (χ3n) is 5.43. The number of carbonyl (C=O) groups is 1. The molecule has 2 aliphatic heterocycles. The van der Waals surface area contributed by atoms with Gasteiger partial charge in [0.15, 0.2) is 11.5 Å². The molecule has 29 heavy (non-hydrogen) atoms. The van der Waals surface area contributed by atoms with Gasteiger partial charge < -0.3 is 9.42 Å². The Hall–Kier alpha value is -3.23. The number of amides is 2. The smallest absolute Gasteiger partial charge is 0.324 e. The number of rotatable bonds is 2. The zero-order valence-electron chi connectivity index (χ0n) is 16.3. The minimum atomic E-state index is -0.384. The summed E-state index contributed by atoms with van der Waals surface area (Å²) in [5.41, 5.74) is 2.53. The average Bonchev–Trinajstić information content (AvgIpc) is 3.46. The molecule has 2 aliphatic rings. The highest BCUT2D eigenvalue weighted by atomic mass is 19.1. The molecule has 0 atom stereocenters. The fraction of sp³-hybridized carbons (Fsp3) is 0.400. The van der Waals surface area contributed by atoms with E-state index in [4.69, 9.17) is 4.52 Å². The molecule has 1 saturated heterocycles. The van der Waals surface area contributed by atoms with Gasteiger partial charge in [-0.1, -0.05) is 19.0 Å². The molecule has 3 aromatic rings. The van der Waals surface area contributed by atoms with Crippen LogP contribution in [0.3, 0.4) is 0 Å². The maximum absolute atomic E-state index is 14.0. The number of aromatic nitrogens is 4. The lowest BCUT2D eigenvalue weighted by atomic mass is 10.1. The first-order valence-electron chi connectivity index (χ1n) is 9.79. The molecule has 0 saturated carbocycles. The van der Waals surface area contributed by atoms with Crippen LogP contribution >= 0.6 is 0 Å². The van der Waals surface area contributed by atoms with Crippen LogP contribution in [0.25, 0.3) is 17.3 Å². The molecule has 0 radical (unpaired) electrons. The van der Waals surface area contributed by atoms with Crippen molar-refractivity contribution in [3.8, 4) is 17.3 Å². The Balaban J connectivity index is 1.61. The fourth-order valence-electron chi connectivity index (χ4n) is 3.88. The SMILES string of the molecule is CC(C)c1noc(-c2ncn3c2CN(C(=O)N2CCCC2)c2cc(F)ccc2-3)n1. The highest BCUT2D eigenvalue weighted by Crippen LogP contribution is 2.37. The summed E-state index contributed by atoms with van der Waals surface area (Å²) < 4.78 is 21.3. The lowest BCUT2D eigenvalue weighted by Crippen LogP contribution is -2.43. The Morgan fingerprint density at radius 3 is 2.72 bits per heavy atom. The number of halogens is 1. The first kappa shape index (κ1) is 17.8. The van der Waals surface area contributed by atoms with Crippen LogP contribution < -0.4 is 4.90 Å². The Bertz CT molecular complexity index is 1080. The van der Waals surface area contributed by atoms with Crippen molar-refractivity contribution in [3.63, 3.8) is 0 Å². The average molecular weight is 396 g/mol. The molecule has 8 nitrogen and oxygen atoms in total. The summed E-state index contributed by atoms with van der Waals surface area (Å²) in [7, 11) is 0. The van der Waals surface area contributed by atoms with Gasteiger partial charge in [-0.25, -0.2) is 14.2 Å². The van der Waals surface area contributed by atoms with E-state index in [0.717, 1.165) is 18.5 Å². The number of likely N-dealkylation sites (tertiary alicyclic amines) is 1. The fourth-order valence-corrected chi connectivity index (χ4v) is 3.88. The topological polar surface area (TPSA) is 80.3 Å². The van der Waals surface area contributed by atoms with Crippen molar-refractivity contribution in [2.45, 2.75) is 39.2 Å². The van der Waals surface area contributed by atoms with Gasteiger partial charge in [0.1, 0.15) is 12.1 Å². The van der Waals surface area contributed by atoms with Crippen molar-refractivity contribution in [1.29, 1.82) is 0 Å². The van der Waals surface area contributed by atoms with Crippen molar-refractivity contribution in [2.24, 2.45) is 0 Å². The van der Waals surface area contributed by atoms with E-state index in [0.29, 0.717) is 41.9 Å². The highest BCUT2D eigenvalue weighted by Gasteiger charge is 2.34. The minimum Gasteiger partial charge on any atom is -0.332 e. The van der Waals surface area contributed by atoms with E-state index in [9.17, 15) is 9.18 Å². The lowest BCUT2D eigenvalue weighted by molar-refractivity contribution is 0.214. The van der Waals surface area contributed by atoms with Crippen molar-refractivity contribution in [3.05, 3.63) is 41.9 Å². The second kappa shape index (κ2) is 6.68. The monoisotopic (exact) mass is 396 g/mol. The van der Waals surface area contributed by atoms with Crippen molar-refractivity contribution >= 4 is 11.7 Å². The molecular weight excluding hydrogens is 375 g/mol. The zero-order chi connectivity index (χ0) is 20.1. The molecule has 5 rings (SSSR count). The van der Waals surface area contributed by atoms with Crippen molar-refractivity contribution in [1.82, 2.24) is 24.6 Å². The predicted octanol–water partition coefficient (Wildman–Crippen LogP) is 3.72. The van der Waals surface area contributed by atoms with Gasteiger partial charge >= 0.3 is 6.03 Å². The molecule has 4 heterocycles. The number of nitrogens with zero attached hydrogens (tertiary/aromatic N) is 6. The summed E-state index contributed by atoms with van der Waals surface area (Å²) in [6.07, 6.45) is 3.62. The Morgan fingerprint density at radius 2 is 2.00 bits per heavy atom. The van der Waals surface area contributed by atoms with Gasteiger partial charge in [0.05, 0.1) is 23.6 Å². The van der Waals surface area contributed by atoms with Gasteiger partial charge in [-0.2, -0.15) is 4.98 Å². The molecule has 0 N–H and O–H groups in total. The van der Waals surface area contributed by atoms with Gasteiger partial charge in [-0.05, 0) is 31.0 Å². The molecule has 0 aliphatic carbocycles. The number of carbonyl (C=O) groups excluding carboxylic acids is 1. The summed E-state index contributed by atoms with van der Waals surface area (Å²) in [6, 6.07) is 4.32. The van der Waals surface area contributed by atoms with E-state index in [2.05, 4.69) is 15.1 Å². The first-order chi connectivity index (χ1) is 14.0.